The van der Waals surface area contributed by atoms with Crippen molar-refractivity contribution in [3.63, 3.8) is 0 Å². The van der Waals surface area contributed by atoms with Gasteiger partial charge in [0.25, 0.3) is 0 Å². The van der Waals surface area contributed by atoms with Gasteiger partial charge in [-0.2, -0.15) is 0 Å². The van der Waals surface area contributed by atoms with Gasteiger partial charge in [-0.15, -0.1) is 0 Å². The molecule has 0 aliphatic heterocycles. The van der Waals surface area contributed by atoms with Crippen molar-refractivity contribution < 1.29 is 17.6 Å². The minimum absolute atomic E-state index is 0.0187. The highest BCUT2D eigenvalue weighted by atomic mass is 32.2. The van der Waals surface area contributed by atoms with Gasteiger partial charge >= 0.3 is 0 Å². The number of amides is 1. The summed E-state index contributed by atoms with van der Waals surface area (Å²) in [6.45, 7) is 2.25. The van der Waals surface area contributed by atoms with Crippen LogP contribution in [0.15, 0.2) is 95.9 Å². The van der Waals surface area contributed by atoms with Crippen molar-refractivity contribution in [1.82, 2.24) is 9.71 Å². The average molecular weight is 570 g/mol. The van der Waals surface area contributed by atoms with E-state index in [1.165, 1.54) is 17.7 Å². The Morgan fingerprint density at radius 3 is 2.54 bits per heavy atom. The second-order valence-electron chi connectivity index (χ2n) is 11.0. The van der Waals surface area contributed by atoms with E-state index in [9.17, 15) is 17.6 Å². The van der Waals surface area contributed by atoms with Gasteiger partial charge in [-0.05, 0) is 104 Å². The van der Waals surface area contributed by atoms with Crippen molar-refractivity contribution in [2.45, 2.75) is 56.0 Å². The number of sulfonamides is 1. The summed E-state index contributed by atoms with van der Waals surface area (Å²) in [4.78, 5) is 20.5. The molecule has 0 saturated heterocycles. The molecule has 1 heterocycles. The Morgan fingerprint density at radius 2 is 1.78 bits per heavy atom. The quantitative estimate of drug-likeness (QED) is 0.273. The lowest BCUT2D eigenvalue weighted by molar-refractivity contribution is -0.120. The third-order valence-electron chi connectivity index (χ3n) is 8.04. The largest absolute Gasteiger partial charge is 0.306 e. The van der Waals surface area contributed by atoms with E-state index in [4.69, 9.17) is 0 Å². The predicted octanol–water partition coefficient (Wildman–Crippen LogP) is 6.22. The smallest absolute Gasteiger partial charge is 0.241 e. The summed E-state index contributed by atoms with van der Waals surface area (Å²) in [5.74, 6) is -0.383. The van der Waals surface area contributed by atoms with Gasteiger partial charge in [0.1, 0.15) is 5.82 Å². The molecule has 3 aromatic carbocycles. The number of aromatic nitrogens is 1. The van der Waals surface area contributed by atoms with Crippen LogP contribution in [0.25, 0.3) is 0 Å². The number of carbonyl (C=O) groups is 1. The second-order valence-corrected chi connectivity index (χ2v) is 12.7. The normalized spacial score (nSPS) is 19.8. The average Bonchev–Trinajstić information content (AvgIpc) is 3.78. The fourth-order valence-electron chi connectivity index (χ4n) is 5.83. The third kappa shape index (κ3) is 5.94. The number of carbonyl (C=O) groups excluding carboxylic acids is 1. The van der Waals surface area contributed by atoms with E-state index in [2.05, 4.69) is 21.8 Å². The minimum Gasteiger partial charge on any atom is -0.306 e. The molecule has 6 rings (SSSR count). The molecule has 0 radical (unpaired) electrons. The van der Waals surface area contributed by atoms with Crippen LogP contribution in [0.1, 0.15) is 59.3 Å². The number of fused-ring (bicyclic) bond motifs is 1. The van der Waals surface area contributed by atoms with E-state index >= 15 is 0 Å². The van der Waals surface area contributed by atoms with Crippen molar-refractivity contribution in [3.05, 3.63) is 125 Å². The van der Waals surface area contributed by atoms with Crippen LogP contribution in [0.4, 0.5) is 10.1 Å². The number of nitrogens with zero attached hydrogens (tertiary/aromatic N) is 2. The number of hydrogen-bond donors (Lipinski definition) is 1. The zero-order chi connectivity index (χ0) is 28.6. The first-order valence-corrected chi connectivity index (χ1v) is 15.5. The van der Waals surface area contributed by atoms with E-state index in [0.717, 1.165) is 59.6 Å². The highest BCUT2D eigenvalue weighted by Crippen LogP contribution is 2.49. The maximum absolute atomic E-state index is 14.0. The Hall–Kier alpha value is -3.88. The van der Waals surface area contributed by atoms with Crippen LogP contribution in [-0.4, -0.2) is 19.3 Å². The summed E-state index contributed by atoms with van der Waals surface area (Å²) >= 11 is 0. The Morgan fingerprint density at radius 1 is 1.00 bits per heavy atom. The Kier molecular flexibility index (Phi) is 7.45. The lowest BCUT2D eigenvalue weighted by Gasteiger charge is -2.29. The van der Waals surface area contributed by atoms with Crippen LogP contribution in [-0.2, 0) is 27.8 Å². The van der Waals surface area contributed by atoms with Crippen molar-refractivity contribution in [2.75, 3.05) is 4.90 Å². The van der Waals surface area contributed by atoms with Crippen LogP contribution in [0.2, 0.25) is 0 Å². The molecule has 4 aromatic rings. The first kappa shape index (κ1) is 27.3. The summed E-state index contributed by atoms with van der Waals surface area (Å²) in [7, 11) is -3.87. The zero-order valence-corrected chi connectivity index (χ0v) is 23.6. The van der Waals surface area contributed by atoms with E-state index in [0.29, 0.717) is 13.0 Å². The van der Waals surface area contributed by atoms with Crippen molar-refractivity contribution in [3.8, 4) is 0 Å². The Labute approximate surface area is 240 Å². The fourth-order valence-corrected chi connectivity index (χ4v) is 7.08. The van der Waals surface area contributed by atoms with Gasteiger partial charge in [0.2, 0.25) is 15.9 Å². The minimum atomic E-state index is -3.87. The standard InChI is InChI=1S/C33H32FN3O3S/c1-22-7-5-11-26(35-22)21-37(33(38)31-20-29(31)23-8-3-2-4-9-23)27-16-13-24-10-6-12-32(30(24)19-27)36-41(39,40)28-17-14-25(34)15-18-28/h2-5,7-9,11,13-19,29,31-32,36H,6,10,12,20-21H2,1H3/t29-,31+,32-/m0/s1. The number of aryl methyl sites for hydroxylation is 2. The number of rotatable bonds is 8. The Bertz CT molecular complexity index is 1680. The summed E-state index contributed by atoms with van der Waals surface area (Å²) < 4.78 is 42.6. The first-order chi connectivity index (χ1) is 19.8. The topological polar surface area (TPSA) is 79.4 Å². The van der Waals surface area contributed by atoms with Crippen molar-refractivity contribution in [1.29, 1.82) is 0 Å². The number of pyridine rings is 1. The molecule has 2 aliphatic carbocycles. The predicted molar refractivity (Wildman–Crippen MR) is 156 cm³/mol. The van der Waals surface area contributed by atoms with Gasteiger partial charge in [0.15, 0.2) is 0 Å². The molecule has 3 atom stereocenters. The molecule has 1 aromatic heterocycles. The number of halogens is 1. The maximum Gasteiger partial charge on any atom is 0.241 e. The molecule has 1 N–H and O–H groups in total. The first-order valence-electron chi connectivity index (χ1n) is 14.0. The zero-order valence-electron chi connectivity index (χ0n) is 22.8. The van der Waals surface area contributed by atoms with Gasteiger partial charge in [-0.3, -0.25) is 9.78 Å². The van der Waals surface area contributed by atoms with Crippen LogP contribution < -0.4 is 9.62 Å². The van der Waals surface area contributed by atoms with Crippen LogP contribution in [0.3, 0.4) is 0 Å². The lowest BCUT2D eigenvalue weighted by atomic mass is 9.87. The number of benzene rings is 3. The summed E-state index contributed by atoms with van der Waals surface area (Å²) in [5.41, 5.74) is 5.49. The number of anilines is 1. The van der Waals surface area contributed by atoms with Gasteiger partial charge in [-0.25, -0.2) is 17.5 Å². The van der Waals surface area contributed by atoms with E-state index in [1.807, 2.05) is 61.5 Å². The van der Waals surface area contributed by atoms with Crippen LogP contribution in [0.5, 0.6) is 0 Å². The highest BCUT2D eigenvalue weighted by molar-refractivity contribution is 7.89. The number of hydrogen-bond acceptors (Lipinski definition) is 4. The fraction of sp³-hybridized carbons (Fsp3) is 0.273. The van der Waals surface area contributed by atoms with Gasteiger partial charge in [-0.1, -0.05) is 42.5 Å². The van der Waals surface area contributed by atoms with E-state index in [1.54, 1.807) is 4.90 Å². The van der Waals surface area contributed by atoms with E-state index < -0.39 is 21.9 Å². The summed E-state index contributed by atoms with van der Waals surface area (Å²) in [6, 6.07) is 26.2. The molecule has 1 saturated carbocycles. The second kappa shape index (κ2) is 11.2. The summed E-state index contributed by atoms with van der Waals surface area (Å²) in [6.07, 6.45) is 3.09. The molecule has 8 heteroatoms. The molecule has 0 bridgehead atoms. The molecule has 1 fully saturated rings. The van der Waals surface area contributed by atoms with Crippen molar-refractivity contribution >= 4 is 21.6 Å². The molecule has 210 valence electrons. The number of nitrogens with one attached hydrogen (secondary N) is 1. The van der Waals surface area contributed by atoms with Crippen LogP contribution in [0, 0.1) is 18.7 Å². The van der Waals surface area contributed by atoms with Crippen LogP contribution >= 0.6 is 0 Å². The highest BCUT2D eigenvalue weighted by Gasteiger charge is 2.46. The maximum atomic E-state index is 14.0. The third-order valence-corrected chi connectivity index (χ3v) is 9.53. The van der Waals surface area contributed by atoms with Gasteiger partial charge in [0, 0.05) is 23.3 Å². The van der Waals surface area contributed by atoms with E-state index in [-0.39, 0.29) is 22.6 Å². The van der Waals surface area contributed by atoms with Gasteiger partial charge < -0.3 is 4.90 Å². The summed E-state index contributed by atoms with van der Waals surface area (Å²) in [5, 5.41) is 0. The molecule has 0 unspecified atom stereocenters. The van der Waals surface area contributed by atoms with Crippen molar-refractivity contribution in [2.24, 2.45) is 5.92 Å². The molecular formula is C33H32FN3O3S. The monoisotopic (exact) mass is 569 g/mol. The lowest BCUT2D eigenvalue weighted by Crippen LogP contribution is -2.34. The SMILES string of the molecule is Cc1cccc(CN(C(=O)[C@@H]2C[C@H]2c2ccccc2)c2ccc3c(c2)[C@@H](NS(=O)(=O)c2ccc(F)cc2)CCC3)n1. The molecule has 41 heavy (non-hydrogen) atoms. The van der Waals surface area contributed by atoms with Gasteiger partial charge in [0.05, 0.1) is 17.1 Å². The molecule has 0 spiro atoms. The molecule has 1 amide bonds. The molecule has 2 aliphatic rings. The molecular weight excluding hydrogens is 537 g/mol. The molecule has 6 nitrogen and oxygen atoms in total. The Balaban J connectivity index is 1.32.